The van der Waals surface area contributed by atoms with Gasteiger partial charge >= 0.3 is 0 Å². The highest BCUT2D eigenvalue weighted by Crippen LogP contribution is 2.15. The minimum absolute atomic E-state index is 0.122. The first-order chi connectivity index (χ1) is 10.1. The Bertz CT molecular complexity index is 604. The van der Waals surface area contributed by atoms with Gasteiger partial charge in [0, 0.05) is 13.1 Å². The van der Waals surface area contributed by atoms with Crippen molar-refractivity contribution in [3.8, 4) is 0 Å². The maximum absolute atomic E-state index is 13.0. The van der Waals surface area contributed by atoms with E-state index in [9.17, 15) is 4.39 Å². The van der Waals surface area contributed by atoms with Crippen LogP contribution in [0.2, 0.25) is 5.02 Å². The van der Waals surface area contributed by atoms with Crippen LogP contribution in [0.4, 0.5) is 4.39 Å². The highest BCUT2D eigenvalue weighted by atomic mass is 35.5. The van der Waals surface area contributed by atoms with E-state index < -0.39 is 5.82 Å². The SMILES string of the molecule is Fc1ccc(CNC(=S)NCCc2ccccc2)cc1Cl. The molecule has 110 valence electrons. The Morgan fingerprint density at radius 3 is 2.52 bits per heavy atom. The molecule has 5 heteroatoms. The van der Waals surface area contributed by atoms with Crippen molar-refractivity contribution >= 4 is 28.9 Å². The van der Waals surface area contributed by atoms with Gasteiger partial charge in [-0.3, -0.25) is 0 Å². The van der Waals surface area contributed by atoms with Gasteiger partial charge in [0.15, 0.2) is 5.11 Å². The number of thiocarbonyl (C=S) groups is 1. The first-order valence-corrected chi connectivity index (χ1v) is 7.43. The summed E-state index contributed by atoms with van der Waals surface area (Å²) in [7, 11) is 0. The third-order valence-corrected chi connectivity index (χ3v) is 3.56. The van der Waals surface area contributed by atoms with E-state index in [1.54, 1.807) is 12.1 Å². The molecule has 0 unspecified atom stereocenters. The lowest BCUT2D eigenvalue weighted by Crippen LogP contribution is -2.35. The standard InChI is InChI=1S/C16H16ClFN2S/c17-14-10-13(6-7-15(14)18)11-20-16(21)19-9-8-12-4-2-1-3-5-12/h1-7,10H,8-9,11H2,(H2,19,20,21). The molecule has 0 bridgehead atoms. The lowest BCUT2D eigenvalue weighted by Gasteiger charge is -2.11. The van der Waals surface area contributed by atoms with Crippen LogP contribution < -0.4 is 10.6 Å². The van der Waals surface area contributed by atoms with Gasteiger partial charge < -0.3 is 10.6 Å². The molecule has 0 saturated carbocycles. The van der Waals surface area contributed by atoms with Crippen LogP contribution in [0.1, 0.15) is 11.1 Å². The average molecular weight is 323 g/mol. The van der Waals surface area contributed by atoms with E-state index >= 15 is 0 Å². The van der Waals surface area contributed by atoms with Gasteiger partial charge in [0.05, 0.1) is 5.02 Å². The van der Waals surface area contributed by atoms with Crippen LogP contribution >= 0.6 is 23.8 Å². The Kier molecular flexibility index (Phi) is 5.96. The van der Waals surface area contributed by atoms with Crippen LogP contribution in [-0.2, 0) is 13.0 Å². The number of rotatable bonds is 5. The number of nitrogens with one attached hydrogen (secondary N) is 2. The molecular formula is C16H16ClFN2S. The quantitative estimate of drug-likeness (QED) is 0.821. The molecule has 2 aromatic rings. The van der Waals surface area contributed by atoms with Crippen LogP contribution in [0.15, 0.2) is 48.5 Å². The van der Waals surface area contributed by atoms with Crippen molar-refractivity contribution in [3.63, 3.8) is 0 Å². The lowest BCUT2D eigenvalue weighted by atomic mass is 10.1. The van der Waals surface area contributed by atoms with Crippen molar-refractivity contribution in [2.75, 3.05) is 6.54 Å². The van der Waals surface area contributed by atoms with E-state index in [1.807, 2.05) is 18.2 Å². The third-order valence-electron chi connectivity index (χ3n) is 2.98. The molecule has 0 atom stereocenters. The molecule has 0 aliphatic heterocycles. The summed E-state index contributed by atoms with van der Waals surface area (Å²) < 4.78 is 13.0. The second-order valence-corrected chi connectivity index (χ2v) is 5.41. The van der Waals surface area contributed by atoms with Gasteiger partial charge in [0.25, 0.3) is 0 Å². The number of benzene rings is 2. The number of hydrogen-bond acceptors (Lipinski definition) is 1. The predicted octanol–water partition coefficient (Wildman–Crippen LogP) is 3.69. The molecule has 0 saturated heterocycles. The fourth-order valence-electron chi connectivity index (χ4n) is 1.86. The summed E-state index contributed by atoms with van der Waals surface area (Å²) in [4.78, 5) is 0. The second kappa shape index (κ2) is 7.96. The Labute approximate surface area is 134 Å². The molecule has 0 aromatic heterocycles. The van der Waals surface area contributed by atoms with Crippen molar-refractivity contribution in [2.45, 2.75) is 13.0 Å². The Morgan fingerprint density at radius 2 is 1.81 bits per heavy atom. The fraction of sp³-hybridized carbons (Fsp3) is 0.188. The minimum Gasteiger partial charge on any atom is -0.362 e. The maximum Gasteiger partial charge on any atom is 0.166 e. The minimum atomic E-state index is -0.413. The largest absolute Gasteiger partial charge is 0.362 e. The van der Waals surface area contributed by atoms with Crippen molar-refractivity contribution in [1.29, 1.82) is 0 Å². The van der Waals surface area contributed by atoms with E-state index in [1.165, 1.54) is 11.6 Å². The molecule has 2 rings (SSSR count). The number of halogens is 2. The van der Waals surface area contributed by atoms with E-state index in [0.29, 0.717) is 11.7 Å². The van der Waals surface area contributed by atoms with Gasteiger partial charge in [-0.2, -0.15) is 0 Å². The van der Waals surface area contributed by atoms with Crippen molar-refractivity contribution in [1.82, 2.24) is 10.6 Å². The van der Waals surface area contributed by atoms with Gasteiger partial charge in [-0.25, -0.2) is 4.39 Å². The van der Waals surface area contributed by atoms with Crippen LogP contribution in [0, 0.1) is 5.82 Å². The Balaban J connectivity index is 1.71. The van der Waals surface area contributed by atoms with Crippen molar-refractivity contribution in [2.24, 2.45) is 0 Å². The van der Waals surface area contributed by atoms with E-state index in [0.717, 1.165) is 18.5 Å². The molecule has 0 fully saturated rings. The van der Waals surface area contributed by atoms with E-state index in [-0.39, 0.29) is 5.02 Å². The maximum atomic E-state index is 13.0. The average Bonchev–Trinajstić information content (AvgIpc) is 2.49. The number of hydrogen-bond donors (Lipinski definition) is 2. The monoisotopic (exact) mass is 322 g/mol. The van der Waals surface area contributed by atoms with Gasteiger partial charge in [0.1, 0.15) is 5.82 Å². The van der Waals surface area contributed by atoms with Gasteiger partial charge in [-0.1, -0.05) is 48.0 Å². The van der Waals surface area contributed by atoms with Crippen LogP contribution in [0.5, 0.6) is 0 Å². The summed E-state index contributed by atoms with van der Waals surface area (Å²) in [5.74, 6) is -0.413. The van der Waals surface area contributed by atoms with Crippen LogP contribution in [0.25, 0.3) is 0 Å². The fourth-order valence-corrected chi connectivity index (χ4v) is 2.24. The zero-order chi connectivity index (χ0) is 15.1. The van der Waals surface area contributed by atoms with E-state index in [4.69, 9.17) is 23.8 Å². The topological polar surface area (TPSA) is 24.1 Å². The highest BCUT2D eigenvalue weighted by Gasteiger charge is 2.01. The molecule has 0 aliphatic carbocycles. The molecule has 0 heterocycles. The third kappa shape index (κ3) is 5.33. The molecule has 0 amide bonds. The zero-order valence-corrected chi connectivity index (χ0v) is 13.0. The summed E-state index contributed by atoms with van der Waals surface area (Å²) in [6.07, 6.45) is 0.908. The van der Waals surface area contributed by atoms with Crippen molar-refractivity contribution in [3.05, 3.63) is 70.5 Å². The second-order valence-electron chi connectivity index (χ2n) is 4.59. The highest BCUT2D eigenvalue weighted by molar-refractivity contribution is 7.80. The van der Waals surface area contributed by atoms with E-state index in [2.05, 4.69) is 22.8 Å². The normalized spacial score (nSPS) is 10.2. The first-order valence-electron chi connectivity index (χ1n) is 6.65. The molecular weight excluding hydrogens is 307 g/mol. The molecule has 21 heavy (non-hydrogen) atoms. The lowest BCUT2D eigenvalue weighted by molar-refractivity contribution is 0.627. The van der Waals surface area contributed by atoms with Gasteiger partial charge in [-0.05, 0) is 41.9 Å². The zero-order valence-electron chi connectivity index (χ0n) is 11.4. The van der Waals surface area contributed by atoms with Crippen LogP contribution in [-0.4, -0.2) is 11.7 Å². The summed E-state index contributed by atoms with van der Waals surface area (Å²) in [5, 5.41) is 6.91. The first kappa shape index (κ1) is 15.7. The summed E-state index contributed by atoms with van der Waals surface area (Å²) >= 11 is 10.9. The predicted molar refractivity (Wildman–Crippen MR) is 89.0 cm³/mol. The van der Waals surface area contributed by atoms with Gasteiger partial charge in [0.2, 0.25) is 0 Å². The van der Waals surface area contributed by atoms with Crippen LogP contribution in [0.3, 0.4) is 0 Å². The Morgan fingerprint density at radius 1 is 1.05 bits per heavy atom. The molecule has 0 spiro atoms. The molecule has 2 nitrogen and oxygen atoms in total. The summed E-state index contributed by atoms with van der Waals surface area (Å²) in [6.45, 7) is 1.27. The molecule has 2 N–H and O–H groups in total. The van der Waals surface area contributed by atoms with Gasteiger partial charge in [-0.15, -0.1) is 0 Å². The Hall–Kier alpha value is -1.65. The molecule has 2 aromatic carbocycles. The van der Waals surface area contributed by atoms with Crippen molar-refractivity contribution < 1.29 is 4.39 Å². The smallest absolute Gasteiger partial charge is 0.166 e. The summed E-state index contributed by atoms with van der Waals surface area (Å²) in [5.41, 5.74) is 2.15. The summed E-state index contributed by atoms with van der Waals surface area (Å²) in [6, 6.07) is 14.8. The molecule has 0 radical (unpaired) electrons. The molecule has 0 aliphatic rings.